The molecule has 182 valence electrons. The lowest BCUT2D eigenvalue weighted by molar-refractivity contribution is -0.116. The molecule has 1 aliphatic heterocycles. The molecule has 36 heavy (non-hydrogen) atoms. The molecule has 1 N–H and O–H groups in total. The van der Waals surface area contributed by atoms with E-state index in [-0.39, 0.29) is 11.8 Å². The fourth-order valence-electron chi connectivity index (χ4n) is 4.49. The smallest absolute Gasteiger partial charge is 0.248 e. The summed E-state index contributed by atoms with van der Waals surface area (Å²) in [6.07, 6.45) is 10.4. The number of hydrogen-bond acceptors (Lipinski definition) is 6. The van der Waals surface area contributed by atoms with Crippen LogP contribution in [0, 0.1) is 0 Å². The van der Waals surface area contributed by atoms with Gasteiger partial charge in [-0.1, -0.05) is 18.2 Å². The average molecular weight is 498 g/mol. The molecule has 1 aliphatic rings. The number of nitrogens with zero attached hydrogens (tertiary/aromatic N) is 4. The van der Waals surface area contributed by atoms with Gasteiger partial charge in [-0.3, -0.25) is 19.5 Å². The molecule has 0 unspecified atom stereocenters. The Morgan fingerprint density at radius 3 is 2.61 bits per heavy atom. The van der Waals surface area contributed by atoms with Crippen molar-refractivity contribution in [3.05, 3.63) is 78.1 Å². The van der Waals surface area contributed by atoms with Crippen molar-refractivity contribution in [2.75, 3.05) is 28.2 Å². The van der Waals surface area contributed by atoms with Crippen molar-refractivity contribution in [1.29, 1.82) is 0 Å². The van der Waals surface area contributed by atoms with E-state index in [0.29, 0.717) is 10.8 Å². The third-order valence-electron chi connectivity index (χ3n) is 6.19. The number of aromatic nitrogens is 2. The van der Waals surface area contributed by atoms with E-state index in [2.05, 4.69) is 26.3 Å². The summed E-state index contributed by atoms with van der Waals surface area (Å²) in [6.45, 7) is 3.60. The number of nitrogens with one attached hydrogen (secondary N) is 1. The molecule has 0 radical (unpaired) electrons. The number of piperidine rings is 1. The second-order valence-corrected chi connectivity index (χ2v) is 9.51. The van der Waals surface area contributed by atoms with Crippen molar-refractivity contribution in [2.24, 2.45) is 0 Å². The zero-order valence-electron chi connectivity index (χ0n) is 20.1. The second-order valence-electron chi connectivity index (χ2n) is 8.67. The summed E-state index contributed by atoms with van der Waals surface area (Å²) in [5.41, 5.74) is 3.27. The van der Waals surface area contributed by atoms with Gasteiger partial charge in [0.15, 0.2) is 5.13 Å². The van der Waals surface area contributed by atoms with E-state index in [1.165, 1.54) is 49.3 Å². The molecular weight excluding hydrogens is 470 g/mol. The molecule has 2 aromatic heterocycles. The van der Waals surface area contributed by atoms with Gasteiger partial charge in [0.25, 0.3) is 0 Å². The van der Waals surface area contributed by atoms with E-state index in [1.54, 1.807) is 23.4 Å². The van der Waals surface area contributed by atoms with E-state index in [4.69, 9.17) is 0 Å². The monoisotopic (exact) mass is 497 g/mol. The van der Waals surface area contributed by atoms with E-state index in [0.717, 1.165) is 35.2 Å². The molecular formula is C28H27N5O2S. The second kappa shape index (κ2) is 10.7. The van der Waals surface area contributed by atoms with E-state index < -0.39 is 0 Å². The first-order valence-corrected chi connectivity index (χ1v) is 12.9. The van der Waals surface area contributed by atoms with E-state index in [9.17, 15) is 9.59 Å². The number of fused-ring (bicyclic) bond motifs is 1. The van der Waals surface area contributed by atoms with Crippen LogP contribution in [0.25, 0.3) is 16.8 Å². The van der Waals surface area contributed by atoms with Crippen molar-refractivity contribution in [2.45, 2.75) is 26.2 Å². The van der Waals surface area contributed by atoms with Crippen LogP contribution >= 0.6 is 11.3 Å². The number of carbonyl (C=O) groups excluding carboxylic acids is 2. The van der Waals surface area contributed by atoms with Gasteiger partial charge in [-0.25, -0.2) is 4.98 Å². The maximum atomic E-state index is 12.8. The van der Waals surface area contributed by atoms with Gasteiger partial charge in [0.2, 0.25) is 11.8 Å². The Labute approximate surface area is 214 Å². The maximum absolute atomic E-state index is 12.8. The molecule has 5 rings (SSSR count). The summed E-state index contributed by atoms with van der Waals surface area (Å²) in [7, 11) is 0. The number of thiazole rings is 1. The first-order valence-electron chi connectivity index (χ1n) is 12.0. The molecule has 3 heterocycles. The number of amides is 2. The van der Waals surface area contributed by atoms with Crippen molar-refractivity contribution < 1.29 is 9.59 Å². The van der Waals surface area contributed by atoms with Gasteiger partial charge in [-0.05, 0) is 55.7 Å². The first kappa shape index (κ1) is 23.7. The van der Waals surface area contributed by atoms with Gasteiger partial charge in [-0.2, -0.15) is 0 Å². The highest BCUT2D eigenvalue weighted by atomic mass is 32.1. The first-order chi connectivity index (χ1) is 17.6. The van der Waals surface area contributed by atoms with Crippen LogP contribution in [0.5, 0.6) is 0 Å². The normalized spacial score (nSPS) is 13.8. The van der Waals surface area contributed by atoms with Crippen LogP contribution in [0.3, 0.4) is 0 Å². The zero-order chi connectivity index (χ0) is 24.9. The lowest BCUT2D eigenvalue weighted by Crippen LogP contribution is -2.29. The minimum atomic E-state index is -0.257. The Hall–Kier alpha value is -4.04. The van der Waals surface area contributed by atoms with Gasteiger partial charge in [0, 0.05) is 60.3 Å². The van der Waals surface area contributed by atoms with Crippen LogP contribution in [0.1, 0.15) is 31.9 Å². The Morgan fingerprint density at radius 2 is 1.83 bits per heavy atom. The minimum absolute atomic E-state index is 0.127. The van der Waals surface area contributed by atoms with Crippen LogP contribution < -0.4 is 15.1 Å². The number of pyridine rings is 1. The molecule has 0 saturated carbocycles. The number of para-hydroxylation sites is 1. The predicted molar refractivity (Wildman–Crippen MR) is 147 cm³/mol. The fraction of sp³-hybridized carbons (Fsp3) is 0.214. The SMILES string of the molecule is CC(=O)N(c1ccccc1)c1nc(C=CC(=O)Nc2ccc(N3CCCCC3)c3ccncc23)cs1. The molecule has 0 atom stereocenters. The van der Waals surface area contributed by atoms with Crippen LogP contribution in [0.15, 0.2) is 72.4 Å². The van der Waals surface area contributed by atoms with E-state index >= 15 is 0 Å². The quantitative estimate of drug-likeness (QED) is 0.330. The van der Waals surface area contributed by atoms with Gasteiger partial charge >= 0.3 is 0 Å². The fourth-order valence-corrected chi connectivity index (χ4v) is 5.34. The number of anilines is 4. The molecule has 2 amide bonds. The number of hydrogen-bond donors (Lipinski definition) is 1. The molecule has 0 spiro atoms. The summed E-state index contributed by atoms with van der Waals surface area (Å²) >= 11 is 1.35. The van der Waals surface area contributed by atoms with Crippen molar-refractivity contribution >= 4 is 62.2 Å². The number of rotatable bonds is 6. The van der Waals surface area contributed by atoms with Crippen molar-refractivity contribution in [3.8, 4) is 0 Å². The van der Waals surface area contributed by atoms with Crippen LogP contribution in [0.2, 0.25) is 0 Å². The zero-order valence-corrected chi connectivity index (χ0v) is 20.9. The average Bonchev–Trinajstić information content (AvgIpc) is 3.37. The summed E-state index contributed by atoms with van der Waals surface area (Å²) in [5, 5.41) is 7.37. The molecule has 1 fully saturated rings. The number of benzene rings is 2. The maximum Gasteiger partial charge on any atom is 0.248 e. The number of carbonyl (C=O) groups is 2. The minimum Gasteiger partial charge on any atom is -0.371 e. The Kier molecular flexibility index (Phi) is 7.04. The van der Waals surface area contributed by atoms with Gasteiger partial charge in [0.05, 0.1) is 17.1 Å². The Bertz CT molecular complexity index is 1410. The van der Waals surface area contributed by atoms with Gasteiger partial charge < -0.3 is 10.2 Å². The van der Waals surface area contributed by atoms with Crippen LogP contribution in [-0.2, 0) is 9.59 Å². The molecule has 4 aromatic rings. The topological polar surface area (TPSA) is 78.4 Å². The largest absolute Gasteiger partial charge is 0.371 e. The summed E-state index contributed by atoms with van der Waals surface area (Å²) < 4.78 is 0. The lowest BCUT2D eigenvalue weighted by Gasteiger charge is -2.30. The summed E-state index contributed by atoms with van der Waals surface area (Å²) in [6, 6.07) is 15.4. The molecule has 1 saturated heterocycles. The summed E-state index contributed by atoms with van der Waals surface area (Å²) in [4.78, 5) is 37.8. The predicted octanol–water partition coefficient (Wildman–Crippen LogP) is 6.02. The van der Waals surface area contributed by atoms with Gasteiger partial charge in [-0.15, -0.1) is 11.3 Å². The van der Waals surface area contributed by atoms with Crippen molar-refractivity contribution in [1.82, 2.24) is 9.97 Å². The third kappa shape index (κ3) is 5.13. The third-order valence-corrected chi connectivity index (χ3v) is 7.03. The van der Waals surface area contributed by atoms with Crippen LogP contribution in [0.4, 0.5) is 22.2 Å². The highest BCUT2D eigenvalue weighted by Crippen LogP contribution is 2.33. The van der Waals surface area contributed by atoms with Gasteiger partial charge in [0.1, 0.15) is 0 Å². The molecule has 2 aromatic carbocycles. The lowest BCUT2D eigenvalue weighted by atomic mass is 10.1. The Balaban J connectivity index is 1.32. The highest BCUT2D eigenvalue weighted by Gasteiger charge is 2.18. The van der Waals surface area contributed by atoms with Crippen molar-refractivity contribution in [3.63, 3.8) is 0 Å². The Morgan fingerprint density at radius 1 is 1.03 bits per heavy atom. The van der Waals surface area contributed by atoms with E-state index in [1.807, 2.05) is 47.8 Å². The van der Waals surface area contributed by atoms with Crippen LogP contribution in [-0.4, -0.2) is 34.9 Å². The standard InChI is InChI=1S/C28H27N5O2S/c1-20(34)33(22-8-4-2-5-9-22)28-30-21(19-36-28)10-13-27(35)31-25-11-12-26(32-16-6-3-7-17-32)23-14-15-29-18-24(23)25/h2,4-5,8-15,18-19H,3,6-7,16-17H2,1H3,(H,31,35). The molecule has 7 nitrogen and oxygen atoms in total. The summed E-state index contributed by atoms with van der Waals surface area (Å²) in [5.74, 6) is -0.385. The molecule has 0 bridgehead atoms. The molecule has 0 aliphatic carbocycles. The highest BCUT2D eigenvalue weighted by molar-refractivity contribution is 7.14. The molecule has 8 heteroatoms.